The van der Waals surface area contributed by atoms with Gasteiger partial charge in [-0.15, -0.1) is 0 Å². The van der Waals surface area contributed by atoms with E-state index in [2.05, 4.69) is 21.2 Å². The number of carbonyl (C=O) groups is 1. The van der Waals surface area contributed by atoms with E-state index in [4.69, 9.17) is 17.3 Å². The van der Waals surface area contributed by atoms with E-state index in [0.29, 0.717) is 26.4 Å². The molecule has 1 amide bonds. The fourth-order valence-corrected chi connectivity index (χ4v) is 2.32. The molecule has 0 saturated carbocycles. The lowest BCUT2D eigenvalue weighted by atomic mass is 10.1. The second-order valence-corrected chi connectivity index (χ2v) is 5.29. The Hall–Kier alpha value is -1.52. The van der Waals surface area contributed by atoms with E-state index >= 15 is 0 Å². The maximum Gasteiger partial charge on any atom is 0.258 e. The first-order valence-corrected chi connectivity index (χ1v) is 6.78. The van der Waals surface area contributed by atoms with E-state index in [1.165, 1.54) is 0 Å². The fourth-order valence-electron chi connectivity index (χ4n) is 1.79. The molecule has 98 valence electrons. The van der Waals surface area contributed by atoms with Crippen LogP contribution in [0.25, 0.3) is 0 Å². The minimum Gasteiger partial charge on any atom is -0.398 e. The second kappa shape index (κ2) is 5.63. The molecule has 0 aliphatic carbocycles. The lowest BCUT2D eigenvalue weighted by Crippen LogP contribution is -2.15. The van der Waals surface area contributed by atoms with Crippen molar-refractivity contribution in [3.05, 3.63) is 57.0 Å². The van der Waals surface area contributed by atoms with Crippen molar-refractivity contribution in [3.8, 4) is 0 Å². The van der Waals surface area contributed by atoms with Crippen LogP contribution in [0.3, 0.4) is 0 Å². The number of halogens is 2. The van der Waals surface area contributed by atoms with Crippen LogP contribution in [0.1, 0.15) is 15.9 Å². The normalized spacial score (nSPS) is 10.3. The van der Waals surface area contributed by atoms with Gasteiger partial charge in [0, 0.05) is 5.69 Å². The number of benzene rings is 2. The summed E-state index contributed by atoms with van der Waals surface area (Å²) in [5.41, 5.74) is 8.22. The van der Waals surface area contributed by atoms with Gasteiger partial charge in [-0.2, -0.15) is 0 Å². The van der Waals surface area contributed by atoms with Crippen LogP contribution in [0.4, 0.5) is 11.4 Å². The molecule has 2 rings (SSSR count). The minimum atomic E-state index is -0.251. The smallest absolute Gasteiger partial charge is 0.258 e. The first-order valence-electron chi connectivity index (χ1n) is 5.61. The van der Waals surface area contributed by atoms with Crippen LogP contribution in [-0.2, 0) is 0 Å². The lowest BCUT2D eigenvalue weighted by Gasteiger charge is -2.11. The van der Waals surface area contributed by atoms with E-state index in [1.54, 1.807) is 24.3 Å². The van der Waals surface area contributed by atoms with Crippen molar-refractivity contribution in [3.63, 3.8) is 0 Å². The number of amides is 1. The Labute approximate surface area is 124 Å². The van der Waals surface area contributed by atoms with Crippen molar-refractivity contribution in [2.24, 2.45) is 0 Å². The highest BCUT2D eigenvalue weighted by Gasteiger charge is 2.14. The molecule has 2 aromatic carbocycles. The number of nitrogens with two attached hydrogens (primary N) is 1. The van der Waals surface area contributed by atoms with Gasteiger partial charge in [0.05, 0.1) is 20.7 Å². The number of nitrogens with one attached hydrogen (secondary N) is 1. The van der Waals surface area contributed by atoms with Crippen LogP contribution in [0.5, 0.6) is 0 Å². The Kier molecular flexibility index (Phi) is 4.12. The van der Waals surface area contributed by atoms with Gasteiger partial charge in [0.2, 0.25) is 0 Å². The van der Waals surface area contributed by atoms with Gasteiger partial charge in [0.25, 0.3) is 5.91 Å². The Morgan fingerprint density at radius 1 is 1.26 bits per heavy atom. The van der Waals surface area contributed by atoms with Gasteiger partial charge in [0.15, 0.2) is 0 Å². The van der Waals surface area contributed by atoms with Crippen molar-refractivity contribution < 1.29 is 4.79 Å². The number of anilines is 2. The van der Waals surface area contributed by atoms with Gasteiger partial charge in [-0.25, -0.2) is 0 Å². The van der Waals surface area contributed by atoms with Gasteiger partial charge in [0.1, 0.15) is 0 Å². The zero-order valence-electron chi connectivity index (χ0n) is 10.2. The predicted octanol–water partition coefficient (Wildman–Crippen LogP) is 4.25. The molecule has 2 aromatic rings. The van der Waals surface area contributed by atoms with E-state index in [9.17, 15) is 4.79 Å². The molecule has 19 heavy (non-hydrogen) atoms. The van der Waals surface area contributed by atoms with Gasteiger partial charge < -0.3 is 11.1 Å². The average molecular weight is 340 g/mol. The standard InChI is InChI=1S/C14H12BrClN2O/c1-8-4-2-6-10(17)12(8)14(19)18-11-7-3-5-9(16)13(11)15/h2-7H,17H2,1H3,(H,18,19). The molecular formula is C14H12BrClN2O. The summed E-state index contributed by atoms with van der Waals surface area (Å²) in [4.78, 5) is 12.3. The summed E-state index contributed by atoms with van der Waals surface area (Å²) >= 11 is 9.32. The lowest BCUT2D eigenvalue weighted by molar-refractivity contribution is 0.102. The molecule has 0 aliphatic rings. The van der Waals surface area contributed by atoms with Gasteiger partial charge >= 0.3 is 0 Å². The highest BCUT2D eigenvalue weighted by atomic mass is 79.9. The minimum absolute atomic E-state index is 0.251. The molecule has 3 nitrogen and oxygen atoms in total. The van der Waals surface area contributed by atoms with E-state index in [-0.39, 0.29) is 5.91 Å². The van der Waals surface area contributed by atoms with Gasteiger partial charge in [-0.05, 0) is 46.6 Å². The third-order valence-corrected chi connectivity index (χ3v) is 4.13. The summed E-state index contributed by atoms with van der Waals surface area (Å²) in [5, 5.41) is 3.34. The van der Waals surface area contributed by atoms with Gasteiger partial charge in [-0.1, -0.05) is 29.8 Å². The molecule has 0 spiro atoms. The van der Waals surface area contributed by atoms with Crippen molar-refractivity contribution in [2.75, 3.05) is 11.1 Å². The van der Waals surface area contributed by atoms with E-state index in [0.717, 1.165) is 5.56 Å². The van der Waals surface area contributed by atoms with E-state index in [1.807, 2.05) is 19.1 Å². The first kappa shape index (κ1) is 13.9. The molecule has 0 heterocycles. The first-order chi connectivity index (χ1) is 9.00. The molecular weight excluding hydrogens is 328 g/mol. The maximum atomic E-state index is 12.3. The summed E-state index contributed by atoms with van der Waals surface area (Å²) in [7, 11) is 0. The molecule has 3 N–H and O–H groups in total. The van der Waals surface area contributed by atoms with Crippen molar-refractivity contribution in [1.82, 2.24) is 0 Å². The topological polar surface area (TPSA) is 55.1 Å². The molecule has 5 heteroatoms. The van der Waals surface area contributed by atoms with Crippen LogP contribution < -0.4 is 11.1 Å². The van der Waals surface area contributed by atoms with Crippen molar-refractivity contribution >= 4 is 44.8 Å². The average Bonchev–Trinajstić information content (AvgIpc) is 2.35. The molecule has 0 fully saturated rings. The summed E-state index contributed by atoms with van der Waals surface area (Å²) in [6, 6.07) is 10.6. The summed E-state index contributed by atoms with van der Waals surface area (Å²) in [6.45, 7) is 1.85. The number of hydrogen-bond donors (Lipinski definition) is 2. The highest BCUT2D eigenvalue weighted by Crippen LogP contribution is 2.30. The molecule has 0 aliphatic heterocycles. The highest BCUT2D eigenvalue weighted by molar-refractivity contribution is 9.10. The zero-order chi connectivity index (χ0) is 14.0. The Morgan fingerprint density at radius 3 is 2.63 bits per heavy atom. The van der Waals surface area contributed by atoms with Crippen LogP contribution in [0.2, 0.25) is 5.02 Å². The Bertz CT molecular complexity index is 623. The van der Waals surface area contributed by atoms with Crippen LogP contribution in [0.15, 0.2) is 40.9 Å². The van der Waals surface area contributed by atoms with Crippen LogP contribution in [-0.4, -0.2) is 5.91 Å². The largest absolute Gasteiger partial charge is 0.398 e. The molecule has 0 saturated heterocycles. The summed E-state index contributed by atoms with van der Waals surface area (Å²) in [6.07, 6.45) is 0. The second-order valence-electron chi connectivity index (χ2n) is 4.09. The zero-order valence-corrected chi connectivity index (χ0v) is 12.5. The molecule has 0 aromatic heterocycles. The number of hydrogen-bond acceptors (Lipinski definition) is 2. The maximum absolute atomic E-state index is 12.3. The SMILES string of the molecule is Cc1cccc(N)c1C(=O)Nc1cccc(Cl)c1Br. The van der Waals surface area contributed by atoms with Crippen molar-refractivity contribution in [2.45, 2.75) is 6.92 Å². The van der Waals surface area contributed by atoms with Crippen molar-refractivity contribution in [1.29, 1.82) is 0 Å². The molecule has 0 atom stereocenters. The quantitative estimate of drug-likeness (QED) is 0.804. The number of nitrogen functional groups attached to an aromatic ring is 1. The Morgan fingerprint density at radius 2 is 1.95 bits per heavy atom. The fraction of sp³-hybridized carbons (Fsp3) is 0.0714. The third kappa shape index (κ3) is 2.91. The molecule has 0 bridgehead atoms. The monoisotopic (exact) mass is 338 g/mol. The van der Waals surface area contributed by atoms with E-state index < -0.39 is 0 Å². The Balaban J connectivity index is 2.34. The van der Waals surface area contributed by atoms with Crippen LogP contribution in [0, 0.1) is 6.92 Å². The number of rotatable bonds is 2. The summed E-state index contributed by atoms with van der Waals surface area (Å²) in [5.74, 6) is -0.251. The molecule has 0 radical (unpaired) electrons. The number of carbonyl (C=O) groups excluding carboxylic acids is 1. The molecule has 0 unspecified atom stereocenters. The predicted molar refractivity (Wildman–Crippen MR) is 82.7 cm³/mol. The van der Waals surface area contributed by atoms with Crippen LogP contribution >= 0.6 is 27.5 Å². The number of aryl methyl sites for hydroxylation is 1. The summed E-state index contributed by atoms with van der Waals surface area (Å²) < 4.78 is 0.650. The van der Waals surface area contributed by atoms with Gasteiger partial charge in [-0.3, -0.25) is 4.79 Å². The third-order valence-electron chi connectivity index (χ3n) is 2.73.